The lowest BCUT2D eigenvalue weighted by atomic mass is 10.00. The van der Waals surface area contributed by atoms with Crippen molar-refractivity contribution in [2.75, 3.05) is 27.2 Å². The molecule has 1 atom stereocenters. The first kappa shape index (κ1) is 14.4. The summed E-state index contributed by atoms with van der Waals surface area (Å²) in [7, 11) is 3.94. The van der Waals surface area contributed by atoms with Crippen LogP contribution in [0.2, 0.25) is 0 Å². The van der Waals surface area contributed by atoms with E-state index in [-0.39, 0.29) is 0 Å². The lowest BCUT2D eigenvalue weighted by molar-refractivity contribution is 0.226. The zero-order valence-corrected chi connectivity index (χ0v) is 12.6. The van der Waals surface area contributed by atoms with Gasteiger partial charge >= 0.3 is 0 Å². The normalized spacial score (nSPS) is 19.4. The van der Waals surface area contributed by atoms with E-state index in [1.54, 1.807) is 7.11 Å². The molecule has 1 aliphatic rings. The third-order valence-corrected chi connectivity index (χ3v) is 4.06. The second-order valence-corrected chi connectivity index (χ2v) is 5.71. The second kappa shape index (κ2) is 6.40. The predicted octanol–water partition coefficient (Wildman–Crippen LogP) is 2.75. The molecule has 0 radical (unpaired) electrons. The van der Waals surface area contributed by atoms with Crippen LogP contribution in [-0.2, 0) is 0 Å². The van der Waals surface area contributed by atoms with Gasteiger partial charge in [-0.1, -0.05) is 17.7 Å². The van der Waals surface area contributed by atoms with Crippen LogP contribution in [0.1, 0.15) is 36.9 Å². The van der Waals surface area contributed by atoms with Crippen LogP contribution in [-0.4, -0.2) is 38.2 Å². The summed E-state index contributed by atoms with van der Waals surface area (Å²) >= 11 is 0. The van der Waals surface area contributed by atoms with Crippen LogP contribution in [0.5, 0.6) is 5.75 Å². The molecule has 19 heavy (non-hydrogen) atoms. The molecule has 0 bridgehead atoms. The number of nitrogens with zero attached hydrogens (tertiary/aromatic N) is 1. The fourth-order valence-electron chi connectivity index (χ4n) is 2.81. The maximum absolute atomic E-state index is 5.48. The zero-order valence-electron chi connectivity index (χ0n) is 12.6. The molecule has 1 aromatic rings. The molecular weight excluding hydrogens is 236 g/mol. The summed E-state index contributed by atoms with van der Waals surface area (Å²) in [5.74, 6) is 0.985. The summed E-state index contributed by atoms with van der Waals surface area (Å²) in [4.78, 5) is 2.40. The highest BCUT2D eigenvalue weighted by Crippen LogP contribution is 2.27. The molecule has 1 N–H and O–H groups in total. The quantitative estimate of drug-likeness (QED) is 0.903. The fraction of sp³-hybridized carbons (Fsp3) is 0.625. The maximum atomic E-state index is 5.48. The molecule has 1 heterocycles. The van der Waals surface area contributed by atoms with Gasteiger partial charge in [-0.15, -0.1) is 0 Å². The molecule has 1 aromatic carbocycles. The maximum Gasteiger partial charge on any atom is 0.123 e. The lowest BCUT2D eigenvalue weighted by Crippen LogP contribution is -2.41. The average Bonchev–Trinajstić information content (AvgIpc) is 2.41. The molecule has 1 saturated heterocycles. The zero-order chi connectivity index (χ0) is 13.8. The van der Waals surface area contributed by atoms with E-state index in [4.69, 9.17) is 4.74 Å². The van der Waals surface area contributed by atoms with Crippen LogP contribution in [0, 0.1) is 6.92 Å². The Morgan fingerprint density at radius 1 is 1.32 bits per heavy atom. The van der Waals surface area contributed by atoms with E-state index in [0.29, 0.717) is 12.1 Å². The Kier molecular flexibility index (Phi) is 4.83. The summed E-state index contributed by atoms with van der Waals surface area (Å²) in [5, 5.41) is 3.75. The molecule has 2 rings (SSSR count). The Bertz CT molecular complexity index is 411. The van der Waals surface area contributed by atoms with Gasteiger partial charge < -0.3 is 15.0 Å². The molecule has 0 aromatic heterocycles. The predicted molar refractivity (Wildman–Crippen MR) is 79.8 cm³/mol. The minimum atomic E-state index is 0.336. The molecule has 1 unspecified atom stereocenters. The van der Waals surface area contributed by atoms with Gasteiger partial charge in [-0.05, 0) is 52.9 Å². The van der Waals surface area contributed by atoms with Crippen molar-refractivity contribution in [3.05, 3.63) is 29.3 Å². The lowest BCUT2D eigenvalue weighted by Gasteiger charge is -2.32. The Morgan fingerprint density at radius 2 is 2.00 bits per heavy atom. The minimum Gasteiger partial charge on any atom is -0.496 e. The number of ether oxygens (including phenoxy) is 1. The highest BCUT2D eigenvalue weighted by molar-refractivity contribution is 5.38. The van der Waals surface area contributed by atoms with Crippen molar-refractivity contribution in [3.63, 3.8) is 0 Å². The van der Waals surface area contributed by atoms with Gasteiger partial charge in [0, 0.05) is 17.6 Å². The van der Waals surface area contributed by atoms with E-state index >= 15 is 0 Å². The number of piperidine rings is 1. The average molecular weight is 262 g/mol. The number of aryl methyl sites for hydroxylation is 1. The third-order valence-electron chi connectivity index (χ3n) is 4.06. The molecule has 0 spiro atoms. The summed E-state index contributed by atoms with van der Waals surface area (Å²) in [6.45, 7) is 6.74. The van der Waals surface area contributed by atoms with Crippen molar-refractivity contribution in [1.82, 2.24) is 10.2 Å². The summed E-state index contributed by atoms with van der Waals surface area (Å²) < 4.78 is 5.48. The summed E-state index contributed by atoms with van der Waals surface area (Å²) in [6, 6.07) is 7.35. The van der Waals surface area contributed by atoms with Crippen LogP contribution in [0.25, 0.3) is 0 Å². The van der Waals surface area contributed by atoms with E-state index in [1.807, 2.05) is 0 Å². The first-order valence-electron chi connectivity index (χ1n) is 7.19. The Morgan fingerprint density at radius 3 is 2.63 bits per heavy atom. The second-order valence-electron chi connectivity index (χ2n) is 5.71. The fourth-order valence-corrected chi connectivity index (χ4v) is 2.81. The molecule has 3 heteroatoms. The van der Waals surface area contributed by atoms with Crippen LogP contribution < -0.4 is 10.1 Å². The monoisotopic (exact) mass is 262 g/mol. The number of nitrogens with one attached hydrogen (secondary N) is 1. The third kappa shape index (κ3) is 3.71. The van der Waals surface area contributed by atoms with E-state index in [1.165, 1.54) is 37.1 Å². The van der Waals surface area contributed by atoms with E-state index in [0.717, 1.165) is 5.75 Å². The number of benzene rings is 1. The van der Waals surface area contributed by atoms with Gasteiger partial charge in [0.25, 0.3) is 0 Å². The highest BCUT2D eigenvalue weighted by atomic mass is 16.5. The first-order chi connectivity index (χ1) is 9.10. The molecule has 1 aliphatic heterocycles. The number of methoxy groups -OCH3 is 1. The van der Waals surface area contributed by atoms with Gasteiger partial charge in [0.05, 0.1) is 7.11 Å². The van der Waals surface area contributed by atoms with Crippen molar-refractivity contribution in [2.24, 2.45) is 0 Å². The van der Waals surface area contributed by atoms with Crippen LogP contribution in [0.15, 0.2) is 18.2 Å². The van der Waals surface area contributed by atoms with Gasteiger partial charge in [0.1, 0.15) is 5.75 Å². The molecule has 3 nitrogen and oxygen atoms in total. The van der Waals surface area contributed by atoms with Gasteiger partial charge in [0.2, 0.25) is 0 Å². The van der Waals surface area contributed by atoms with E-state index in [2.05, 4.69) is 49.3 Å². The van der Waals surface area contributed by atoms with Crippen LogP contribution >= 0.6 is 0 Å². The number of hydrogen-bond acceptors (Lipinski definition) is 3. The SMILES string of the molecule is COc1ccc(C)cc1C(C)NC1CCN(C)CC1. The molecule has 106 valence electrons. The molecule has 1 fully saturated rings. The largest absolute Gasteiger partial charge is 0.496 e. The topological polar surface area (TPSA) is 24.5 Å². The van der Waals surface area contributed by atoms with Gasteiger partial charge in [-0.25, -0.2) is 0 Å². The van der Waals surface area contributed by atoms with Gasteiger partial charge in [-0.3, -0.25) is 0 Å². The highest BCUT2D eigenvalue weighted by Gasteiger charge is 2.20. The standard InChI is InChI=1S/C16H26N2O/c1-12-5-6-16(19-4)15(11-12)13(2)17-14-7-9-18(3)10-8-14/h5-6,11,13-14,17H,7-10H2,1-4H3. The Hall–Kier alpha value is -1.06. The number of likely N-dealkylation sites (tertiary alicyclic amines) is 1. The smallest absolute Gasteiger partial charge is 0.123 e. The van der Waals surface area contributed by atoms with Gasteiger partial charge in [0.15, 0.2) is 0 Å². The molecule has 0 aliphatic carbocycles. The van der Waals surface area contributed by atoms with Crippen LogP contribution in [0.3, 0.4) is 0 Å². The van der Waals surface area contributed by atoms with E-state index < -0.39 is 0 Å². The van der Waals surface area contributed by atoms with Crippen molar-refractivity contribution < 1.29 is 4.74 Å². The minimum absolute atomic E-state index is 0.336. The Labute approximate surface area is 116 Å². The van der Waals surface area contributed by atoms with Crippen LogP contribution in [0.4, 0.5) is 0 Å². The summed E-state index contributed by atoms with van der Waals surface area (Å²) in [5.41, 5.74) is 2.55. The first-order valence-corrected chi connectivity index (χ1v) is 7.19. The number of rotatable bonds is 4. The number of hydrogen-bond donors (Lipinski definition) is 1. The summed E-state index contributed by atoms with van der Waals surface area (Å²) in [6.07, 6.45) is 2.46. The van der Waals surface area contributed by atoms with Crippen molar-refractivity contribution in [3.8, 4) is 5.75 Å². The van der Waals surface area contributed by atoms with E-state index in [9.17, 15) is 0 Å². The molecular formula is C16H26N2O. The molecule has 0 amide bonds. The van der Waals surface area contributed by atoms with Gasteiger partial charge in [-0.2, -0.15) is 0 Å². The van der Waals surface area contributed by atoms with Crippen molar-refractivity contribution in [1.29, 1.82) is 0 Å². The van der Waals surface area contributed by atoms with Crippen molar-refractivity contribution >= 4 is 0 Å². The molecule has 0 saturated carbocycles. The Balaban J connectivity index is 2.03. The van der Waals surface area contributed by atoms with Crippen molar-refractivity contribution in [2.45, 2.75) is 38.8 Å².